The van der Waals surface area contributed by atoms with Crippen LogP contribution < -0.4 is 4.90 Å². The number of nitrogens with zero attached hydrogens (tertiary/aromatic N) is 1. The summed E-state index contributed by atoms with van der Waals surface area (Å²) in [6, 6.07) is 9.41. The second-order valence-corrected chi connectivity index (χ2v) is 4.56. The summed E-state index contributed by atoms with van der Waals surface area (Å²) in [6.07, 6.45) is 0. The van der Waals surface area contributed by atoms with Crippen LogP contribution >= 0.6 is 0 Å². The molecule has 1 aromatic rings. The second-order valence-electron chi connectivity index (χ2n) is 4.56. The first-order valence-electron chi connectivity index (χ1n) is 9.15. The number of anilines is 1. The zero-order valence-electron chi connectivity index (χ0n) is 17.8. The summed E-state index contributed by atoms with van der Waals surface area (Å²) in [6.45, 7) is 24.0. The van der Waals surface area contributed by atoms with Gasteiger partial charge in [-0.2, -0.15) is 6.92 Å². The third-order valence-electron chi connectivity index (χ3n) is 3.97. The molecule has 1 aliphatic heterocycles. The van der Waals surface area contributed by atoms with E-state index in [0.717, 1.165) is 5.92 Å². The van der Waals surface area contributed by atoms with Crippen molar-refractivity contribution in [2.75, 3.05) is 11.9 Å². The minimum Gasteiger partial charge on any atom is -0.371 e. The van der Waals surface area contributed by atoms with Gasteiger partial charge in [0.2, 0.25) is 0 Å². The fourth-order valence-corrected chi connectivity index (χ4v) is 2.47. The monoisotopic (exact) mass is 397 g/mol. The Kier molecular flexibility index (Phi) is 27.1. The maximum absolute atomic E-state index is 3.25. The summed E-state index contributed by atoms with van der Waals surface area (Å²) in [5.74, 6) is 1.41. The molecular weight excluding hydrogens is 355 g/mol. The van der Waals surface area contributed by atoms with E-state index in [-0.39, 0.29) is 32.7 Å². The van der Waals surface area contributed by atoms with Crippen LogP contribution in [0.5, 0.6) is 0 Å². The van der Waals surface area contributed by atoms with E-state index in [1.807, 2.05) is 41.5 Å². The molecule has 3 unspecified atom stereocenters. The zero-order chi connectivity index (χ0) is 18.3. The Morgan fingerprint density at radius 3 is 1.65 bits per heavy atom. The van der Waals surface area contributed by atoms with Gasteiger partial charge in [-0.1, -0.05) is 73.6 Å². The van der Waals surface area contributed by atoms with Gasteiger partial charge in [-0.05, 0) is 30.4 Å². The molecule has 1 radical (unpaired) electrons. The van der Waals surface area contributed by atoms with Crippen LogP contribution in [0, 0.1) is 12.8 Å². The molecular formula is C21H42NY-. The van der Waals surface area contributed by atoms with Gasteiger partial charge in [-0.3, -0.25) is 0 Å². The summed E-state index contributed by atoms with van der Waals surface area (Å²) in [5.41, 5.74) is 2.91. The molecule has 0 spiro atoms. The third kappa shape index (κ3) is 9.25. The predicted molar refractivity (Wildman–Crippen MR) is 107 cm³/mol. The van der Waals surface area contributed by atoms with Crippen LogP contribution in [0.2, 0.25) is 0 Å². The molecule has 1 nitrogen and oxygen atoms in total. The average Bonchev–Trinajstić information content (AvgIpc) is 2.65. The predicted octanol–water partition coefficient (Wildman–Crippen LogP) is 7.18. The van der Waals surface area contributed by atoms with Gasteiger partial charge in [-0.25, -0.2) is 0 Å². The maximum atomic E-state index is 3.25. The quantitative estimate of drug-likeness (QED) is 0.419. The largest absolute Gasteiger partial charge is 0.371 e. The van der Waals surface area contributed by atoms with Crippen LogP contribution in [0.3, 0.4) is 0 Å². The molecule has 0 aliphatic carbocycles. The zero-order valence-corrected chi connectivity index (χ0v) is 20.6. The number of fused-ring (bicyclic) bond motifs is 1. The Labute approximate surface area is 173 Å². The molecule has 0 fully saturated rings. The van der Waals surface area contributed by atoms with Crippen molar-refractivity contribution in [3.8, 4) is 0 Å². The fourth-order valence-electron chi connectivity index (χ4n) is 2.47. The summed E-state index contributed by atoms with van der Waals surface area (Å²) < 4.78 is 0. The van der Waals surface area contributed by atoms with Crippen molar-refractivity contribution in [3.05, 3.63) is 36.8 Å². The molecule has 1 aliphatic rings. The van der Waals surface area contributed by atoms with Crippen molar-refractivity contribution in [2.45, 2.75) is 81.2 Å². The van der Waals surface area contributed by atoms with Crippen LogP contribution in [0.4, 0.5) is 5.69 Å². The average molecular weight is 397 g/mol. The maximum Gasteiger partial charge on any atom is 0.0401 e. The van der Waals surface area contributed by atoms with Crippen molar-refractivity contribution in [3.63, 3.8) is 0 Å². The smallest absolute Gasteiger partial charge is 0.0401 e. The first-order valence-corrected chi connectivity index (χ1v) is 9.15. The van der Waals surface area contributed by atoms with Crippen LogP contribution in [-0.4, -0.2) is 13.1 Å². The van der Waals surface area contributed by atoms with Gasteiger partial charge in [0.15, 0.2) is 0 Å². The molecule has 0 saturated carbocycles. The molecule has 3 atom stereocenters. The summed E-state index contributed by atoms with van der Waals surface area (Å²) >= 11 is 0. The van der Waals surface area contributed by atoms with Gasteiger partial charge in [0, 0.05) is 51.5 Å². The van der Waals surface area contributed by atoms with E-state index in [0.29, 0.717) is 12.0 Å². The van der Waals surface area contributed by atoms with E-state index >= 15 is 0 Å². The Morgan fingerprint density at radius 2 is 1.22 bits per heavy atom. The van der Waals surface area contributed by atoms with Crippen LogP contribution in [0.25, 0.3) is 0 Å². The summed E-state index contributed by atoms with van der Waals surface area (Å²) in [5, 5.41) is 0. The molecule has 2 heteroatoms. The van der Waals surface area contributed by atoms with E-state index < -0.39 is 0 Å². The Balaban J connectivity index is -0.000000176. The Bertz CT molecular complexity index is 305. The molecule has 0 saturated heterocycles. The van der Waals surface area contributed by atoms with Crippen molar-refractivity contribution in [1.82, 2.24) is 0 Å². The summed E-state index contributed by atoms with van der Waals surface area (Å²) in [7, 11) is 2.20. The minimum atomic E-state index is 0. The third-order valence-corrected chi connectivity index (χ3v) is 3.97. The standard InChI is InChI=1S/C13H19N.3C2H6.C2H5.Y/c1-9-10(2)12-7-5-6-8-13(12)14(4)11(9)3;4*1-2;/h5-11H,1-4H3;3*1-2H3;1H2,2H3;/q;;;;-1;. The fraction of sp³-hybridized carbons (Fsp3) is 0.667. The van der Waals surface area contributed by atoms with Crippen molar-refractivity contribution in [2.24, 2.45) is 5.92 Å². The Hall–Kier alpha value is 0.124. The number of hydrogen-bond acceptors (Lipinski definition) is 1. The van der Waals surface area contributed by atoms with Gasteiger partial charge in [0.05, 0.1) is 0 Å². The van der Waals surface area contributed by atoms with E-state index in [2.05, 4.69) is 63.9 Å². The SMILES string of the molecule is CC.CC.CC.CC1c2ccccc2N(C)C(C)C1C.[CH2-]C.[Y]. The minimum absolute atomic E-state index is 0. The van der Waals surface area contributed by atoms with Crippen molar-refractivity contribution in [1.29, 1.82) is 0 Å². The molecule has 1 heterocycles. The van der Waals surface area contributed by atoms with Crippen LogP contribution in [0.1, 0.15) is 80.7 Å². The van der Waals surface area contributed by atoms with Crippen molar-refractivity contribution < 1.29 is 32.7 Å². The molecule has 135 valence electrons. The second kappa shape index (κ2) is 20.2. The van der Waals surface area contributed by atoms with Crippen LogP contribution in [0.15, 0.2) is 24.3 Å². The van der Waals surface area contributed by atoms with E-state index in [1.54, 1.807) is 6.92 Å². The molecule has 2 rings (SSSR count). The van der Waals surface area contributed by atoms with Gasteiger partial charge >= 0.3 is 0 Å². The number of para-hydroxylation sites is 1. The molecule has 1 aromatic carbocycles. The molecule has 0 bridgehead atoms. The molecule has 0 aromatic heterocycles. The number of hydrogen-bond donors (Lipinski definition) is 0. The molecule has 0 amide bonds. The van der Waals surface area contributed by atoms with Gasteiger partial charge < -0.3 is 11.8 Å². The topological polar surface area (TPSA) is 3.24 Å². The van der Waals surface area contributed by atoms with E-state index in [9.17, 15) is 0 Å². The van der Waals surface area contributed by atoms with E-state index in [4.69, 9.17) is 0 Å². The van der Waals surface area contributed by atoms with Gasteiger partial charge in [0.25, 0.3) is 0 Å². The summed E-state index contributed by atoms with van der Waals surface area (Å²) in [4.78, 5) is 2.40. The Morgan fingerprint density at radius 1 is 0.826 bits per heavy atom. The van der Waals surface area contributed by atoms with Crippen LogP contribution in [-0.2, 0) is 32.7 Å². The first-order chi connectivity index (χ1) is 10.6. The van der Waals surface area contributed by atoms with E-state index in [1.165, 1.54) is 11.3 Å². The van der Waals surface area contributed by atoms with Gasteiger partial charge in [-0.15, -0.1) is 0 Å². The first kappa shape index (κ1) is 30.9. The molecule has 0 N–H and O–H groups in total. The van der Waals surface area contributed by atoms with Crippen molar-refractivity contribution >= 4 is 5.69 Å². The van der Waals surface area contributed by atoms with Gasteiger partial charge in [0.1, 0.15) is 0 Å². The normalized spacial score (nSPS) is 20.2. The number of rotatable bonds is 0. The molecule has 23 heavy (non-hydrogen) atoms. The number of benzene rings is 1.